The van der Waals surface area contributed by atoms with E-state index in [9.17, 15) is 0 Å². The molecule has 3 heterocycles. The summed E-state index contributed by atoms with van der Waals surface area (Å²) < 4.78 is 13.1. The molecule has 4 rings (SSSR count). The minimum atomic E-state index is 0.0721. The largest absolute Gasteiger partial charge is 0.474 e. The predicted molar refractivity (Wildman–Crippen MR) is 90.5 cm³/mol. The standard InChI is InChI=1S/C17H21N5O2/c1-12(2)23-16-9-17(21-7-3-6-18-11-21)22(19-16)10-14-8-15(20-24-14)13-4-5-13/h3,6,8-9,11-13H,4-5,7,10H2,1-2H3. The summed E-state index contributed by atoms with van der Waals surface area (Å²) in [4.78, 5) is 6.22. The zero-order chi connectivity index (χ0) is 16.5. The fraction of sp³-hybridized carbons (Fsp3) is 0.471. The number of aromatic nitrogens is 3. The van der Waals surface area contributed by atoms with E-state index in [1.54, 1.807) is 12.5 Å². The van der Waals surface area contributed by atoms with Crippen molar-refractivity contribution in [3.63, 3.8) is 0 Å². The van der Waals surface area contributed by atoms with Crippen LogP contribution in [-0.4, -0.2) is 33.9 Å². The summed E-state index contributed by atoms with van der Waals surface area (Å²) in [5.74, 6) is 2.91. The van der Waals surface area contributed by atoms with E-state index < -0.39 is 0 Å². The molecule has 2 aromatic rings. The van der Waals surface area contributed by atoms with Crippen LogP contribution >= 0.6 is 0 Å². The third kappa shape index (κ3) is 3.20. The minimum absolute atomic E-state index is 0.0721. The highest BCUT2D eigenvalue weighted by atomic mass is 16.5. The molecular weight excluding hydrogens is 306 g/mol. The van der Waals surface area contributed by atoms with Gasteiger partial charge in [-0.15, -0.1) is 5.10 Å². The second kappa shape index (κ2) is 6.14. The van der Waals surface area contributed by atoms with Crippen molar-refractivity contribution in [1.29, 1.82) is 0 Å². The Kier molecular flexibility index (Phi) is 3.84. The van der Waals surface area contributed by atoms with Gasteiger partial charge in [0.05, 0.1) is 18.1 Å². The lowest BCUT2D eigenvalue weighted by Gasteiger charge is -2.19. The van der Waals surface area contributed by atoms with Gasteiger partial charge in [-0.1, -0.05) is 5.16 Å². The van der Waals surface area contributed by atoms with Crippen LogP contribution in [0.4, 0.5) is 5.82 Å². The van der Waals surface area contributed by atoms with Gasteiger partial charge in [0.1, 0.15) is 12.4 Å². The fourth-order valence-corrected chi connectivity index (χ4v) is 2.69. The SMILES string of the molecule is CC(C)Oc1cc(N2C=NC=CC2)n(Cc2cc(C3CC3)no2)n1. The minimum Gasteiger partial charge on any atom is -0.474 e. The third-order valence-electron chi connectivity index (χ3n) is 3.97. The quantitative estimate of drug-likeness (QED) is 0.816. The molecule has 0 saturated heterocycles. The first kappa shape index (κ1) is 15.0. The van der Waals surface area contributed by atoms with Gasteiger partial charge in [0, 0.05) is 30.8 Å². The van der Waals surface area contributed by atoms with Crippen LogP contribution in [0.1, 0.15) is 44.1 Å². The molecule has 0 aromatic carbocycles. The van der Waals surface area contributed by atoms with Crippen LogP contribution in [0.5, 0.6) is 5.88 Å². The molecule has 2 aromatic heterocycles. The number of nitrogens with zero attached hydrogens (tertiary/aromatic N) is 5. The van der Waals surface area contributed by atoms with Gasteiger partial charge in [-0.3, -0.25) is 0 Å². The van der Waals surface area contributed by atoms with Gasteiger partial charge in [-0.05, 0) is 32.8 Å². The maximum absolute atomic E-state index is 5.75. The lowest BCUT2D eigenvalue weighted by atomic mass is 10.3. The second-order valence-electron chi connectivity index (χ2n) is 6.46. The summed E-state index contributed by atoms with van der Waals surface area (Å²) in [6, 6.07) is 3.97. The molecule has 0 radical (unpaired) electrons. The van der Waals surface area contributed by atoms with Crippen molar-refractivity contribution in [3.05, 3.63) is 35.9 Å². The second-order valence-corrected chi connectivity index (χ2v) is 6.46. The monoisotopic (exact) mass is 327 g/mol. The molecule has 7 nitrogen and oxygen atoms in total. The first-order valence-electron chi connectivity index (χ1n) is 8.34. The molecule has 0 amide bonds. The average Bonchev–Trinajstić information content (AvgIpc) is 3.20. The number of aliphatic imine (C=N–C) groups is 1. The van der Waals surface area contributed by atoms with E-state index in [0.29, 0.717) is 18.3 Å². The van der Waals surface area contributed by atoms with Gasteiger partial charge < -0.3 is 14.2 Å². The molecule has 1 fully saturated rings. The molecule has 1 saturated carbocycles. The van der Waals surface area contributed by atoms with Crippen molar-refractivity contribution < 1.29 is 9.26 Å². The summed E-state index contributed by atoms with van der Waals surface area (Å²) in [5, 5.41) is 8.74. The van der Waals surface area contributed by atoms with E-state index in [1.807, 2.05) is 41.6 Å². The van der Waals surface area contributed by atoms with Gasteiger partial charge in [-0.25, -0.2) is 9.67 Å². The molecule has 1 aliphatic heterocycles. The van der Waals surface area contributed by atoms with E-state index in [1.165, 1.54) is 12.8 Å². The Morgan fingerprint density at radius 2 is 2.21 bits per heavy atom. The fourth-order valence-electron chi connectivity index (χ4n) is 2.69. The van der Waals surface area contributed by atoms with E-state index in [2.05, 4.69) is 15.2 Å². The van der Waals surface area contributed by atoms with Crippen LogP contribution < -0.4 is 9.64 Å². The lowest BCUT2D eigenvalue weighted by molar-refractivity contribution is 0.229. The number of rotatable bonds is 6. The Morgan fingerprint density at radius 1 is 1.33 bits per heavy atom. The number of ether oxygens (including phenoxy) is 1. The molecule has 126 valence electrons. The lowest BCUT2D eigenvalue weighted by Crippen LogP contribution is -2.26. The van der Waals surface area contributed by atoms with Gasteiger partial charge in [0.2, 0.25) is 5.88 Å². The number of anilines is 1. The third-order valence-corrected chi connectivity index (χ3v) is 3.97. The van der Waals surface area contributed by atoms with Crippen LogP contribution in [0.3, 0.4) is 0 Å². The van der Waals surface area contributed by atoms with Crippen molar-refractivity contribution in [2.24, 2.45) is 4.99 Å². The van der Waals surface area contributed by atoms with Gasteiger partial charge in [-0.2, -0.15) is 0 Å². The van der Waals surface area contributed by atoms with Crippen LogP contribution in [0, 0.1) is 0 Å². The Bertz CT molecular complexity index is 770. The van der Waals surface area contributed by atoms with Crippen molar-refractivity contribution in [2.75, 3.05) is 11.4 Å². The number of hydrogen-bond donors (Lipinski definition) is 0. The maximum atomic E-state index is 5.75. The van der Waals surface area contributed by atoms with E-state index in [4.69, 9.17) is 9.26 Å². The van der Waals surface area contributed by atoms with Crippen LogP contribution in [0.15, 0.2) is 33.9 Å². The zero-order valence-electron chi connectivity index (χ0n) is 13.9. The Hall–Kier alpha value is -2.57. The first-order chi connectivity index (χ1) is 11.7. The molecule has 24 heavy (non-hydrogen) atoms. The van der Waals surface area contributed by atoms with Crippen molar-refractivity contribution in [2.45, 2.75) is 45.3 Å². The van der Waals surface area contributed by atoms with Crippen LogP contribution in [0.25, 0.3) is 0 Å². The van der Waals surface area contributed by atoms with Crippen molar-refractivity contribution in [3.8, 4) is 5.88 Å². The van der Waals surface area contributed by atoms with Gasteiger partial charge in [0.15, 0.2) is 5.76 Å². The van der Waals surface area contributed by atoms with Gasteiger partial charge >= 0.3 is 0 Å². The summed E-state index contributed by atoms with van der Waals surface area (Å²) in [7, 11) is 0. The highest BCUT2D eigenvalue weighted by Gasteiger charge is 2.27. The normalized spacial score (nSPS) is 17.0. The van der Waals surface area contributed by atoms with Gasteiger partial charge in [0.25, 0.3) is 0 Å². The molecule has 0 N–H and O–H groups in total. The summed E-state index contributed by atoms with van der Waals surface area (Å²) in [6.45, 7) is 5.24. The van der Waals surface area contributed by atoms with E-state index in [0.717, 1.165) is 23.8 Å². The number of hydrogen-bond acceptors (Lipinski definition) is 6. The van der Waals surface area contributed by atoms with Crippen molar-refractivity contribution >= 4 is 12.2 Å². The molecule has 7 heteroatoms. The van der Waals surface area contributed by atoms with Crippen LogP contribution in [-0.2, 0) is 6.54 Å². The average molecular weight is 327 g/mol. The smallest absolute Gasteiger partial charge is 0.235 e. The summed E-state index contributed by atoms with van der Waals surface area (Å²) in [5.41, 5.74) is 1.06. The molecule has 2 aliphatic rings. The highest BCUT2D eigenvalue weighted by Crippen LogP contribution is 2.39. The molecule has 0 atom stereocenters. The van der Waals surface area contributed by atoms with Crippen molar-refractivity contribution in [1.82, 2.24) is 14.9 Å². The van der Waals surface area contributed by atoms with E-state index >= 15 is 0 Å². The Balaban J connectivity index is 1.59. The Labute approximate surface area is 140 Å². The molecular formula is C17H21N5O2. The summed E-state index contributed by atoms with van der Waals surface area (Å²) in [6.07, 6.45) is 8.08. The van der Waals surface area contributed by atoms with E-state index in [-0.39, 0.29) is 6.10 Å². The predicted octanol–water partition coefficient (Wildman–Crippen LogP) is 2.95. The first-order valence-corrected chi connectivity index (χ1v) is 8.34. The highest BCUT2D eigenvalue weighted by molar-refractivity contribution is 5.79. The molecule has 0 bridgehead atoms. The molecule has 1 aliphatic carbocycles. The molecule has 0 spiro atoms. The molecule has 0 unspecified atom stereocenters. The Morgan fingerprint density at radius 3 is 2.92 bits per heavy atom. The van der Waals surface area contributed by atoms with Crippen LogP contribution in [0.2, 0.25) is 0 Å². The maximum Gasteiger partial charge on any atom is 0.235 e. The zero-order valence-corrected chi connectivity index (χ0v) is 13.9. The topological polar surface area (TPSA) is 68.7 Å². The summed E-state index contributed by atoms with van der Waals surface area (Å²) >= 11 is 0.